The summed E-state index contributed by atoms with van der Waals surface area (Å²) in [6, 6.07) is 7.21. The van der Waals surface area contributed by atoms with E-state index in [0.29, 0.717) is 11.5 Å². The lowest BCUT2D eigenvalue weighted by molar-refractivity contribution is -0.127. The molecule has 0 atom stereocenters. The van der Waals surface area contributed by atoms with Crippen molar-refractivity contribution in [1.82, 2.24) is 0 Å². The third-order valence-electron chi connectivity index (χ3n) is 6.88. The van der Waals surface area contributed by atoms with Crippen LogP contribution in [-0.2, 0) is 6.42 Å². The molecule has 2 fully saturated rings. The van der Waals surface area contributed by atoms with Crippen LogP contribution in [0.15, 0.2) is 24.3 Å². The highest BCUT2D eigenvalue weighted by Gasteiger charge is 2.31. The maximum atomic E-state index is 12.5. The van der Waals surface area contributed by atoms with E-state index in [4.69, 9.17) is 0 Å². The van der Waals surface area contributed by atoms with E-state index < -0.39 is 12.6 Å². The van der Waals surface area contributed by atoms with E-state index in [-0.39, 0.29) is 0 Å². The van der Waals surface area contributed by atoms with E-state index in [0.717, 1.165) is 17.8 Å². The zero-order valence-corrected chi connectivity index (χ0v) is 16.0. The van der Waals surface area contributed by atoms with Gasteiger partial charge in [0.25, 0.3) is 0 Å². The van der Waals surface area contributed by atoms with Crippen LogP contribution in [0.1, 0.15) is 88.2 Å². The first kappa shape index (κ1) is 19.8. The predicted molar refractivity (Wildman–Crippen MR) is 101 cm³/mol. The molecule has 2 aliphatic carbocycles. The van der Waals surface area contributed by atoms with Crippen molar-refractivity contribution >= 4 is 0 Å². The summed E-state index contributed by atoms with van der Waals surface area (Å²) in [5.41, 5.74) is 1.61. The van der Waals surface area contributed by atoms with Crippen LogP contribution in [0.5, 0.6) is 0 Å². The van der Waals surface area contributed by atoms with Gasteiger partial charge in [0.1, 0.15) is 0 Å². The number of halogens is 3. The number of benzene rings is 1. The van der Waals surface area contributed by atoms with Crippen molar-refractivity contribution in [2.45, 2.75) is 89.6 Å². The quantitative estimate of drug-likeness (QED) is 0.501. The minimum Gasteiger partial charge on any atom is -0.171 e. The maximum Gasteiger partial charge on any atom is 0.393 e. The Morgan fingerprint density at radius 2 is 1.35 bits per heavy atom. The molecule has 146 valence electrons. The van der Waals surface area contributed by atoms with Gasteiger partial charge in [-0.25, -0.2) is 0 Å². The SMILES string of the molecule is CCC[C@H]1CC[C@H](C2CCC(c3ccc(CC(F)(F)F)cc3)CC2)CC1. The van der Waals surface area contributed by atoms with Crippen molar-refractivity contribution in [3.05, 3.63) is 35.4 Å². The lowest BCUT2D eigenvalue weighted by atomic mass is 9.68. The fraction of sp³-hybridized carbons (Fsp3) is 0.739. The monoisotopic (exact) mass is 366 g/mol. The van der Waals surface area contributed by atoms with E-state index in [2.05, 4.69) is 6.92 Å². The van der Waals surface area contributed by atoms with Crippen molar-refractivity contribution in [2.75, 3.05) is 0 Å². The van der Waals surface area contributed by atoms with Gasteiger partial charge in [-0.05, 0) is 73.3 Å². The van der Waals surface area contributed by atoms with Crippen LogP contribution in [-0.4, -0.2) is 6.18 Å². The summed E-state index contributed by atoms with van der Waals surface area (Å²) in [5.74, 6) is 3.34. The highest BCUT2D eigenvalue weighted by Crippen LogP contribution is 2.44. The zero-order chi connectivity index (χ0) is 18.6. The summed E-state index contributed by atoms with van der Waals surface area (Å²) < 4.78 is 37.5. The Bertz CT molecular complexity index is 530. The molecule has 0 aliphatic heterocycles. The van der Waals surface area contributed by atoms with Gasteiger partial charge in [0.15, 0.2) is 0 Å². The maximum absolute atomic E-state index is 12.5. The molecule has 0 N–H and O–H groups in total. The molecule has 1 aromatic rings. The molecule has 0 heterocycles. The van der Waals surface area contributed by atoms with E-state index in [1.807, 2.05) is 12.1 Å². The largest absolute Gasteiger partial charge is 0.393 e. The average molecular weight is 367 g/mol. The Labute approximate surface area is 156 Å². The first-order chi connectivity index (χ1) is 12.4. The van der Waals surface area contributed by atoms with Crippen LogP contribution in [0.25, 0.3) is 0 Å². The van der Waals surface area contributed by atoms with Crippen LogP contribution >= 0.6 is 0 Å². The second-order valence-corrected chi connectivity index (χ2v) is 8.71. The van der Waals surface area contributed by atoms with Gasteiger partial charge >= 0.3 is 6.18 Å². The molecule has 3 heteroatoms. The highest BCUT2D eigenvalue weighted by molar-refractivity contribution is 5.26. The molecule has 0 spiro atoms. The fourth-order valence-corrected chi connectivity index (χ4v) is 5.42. The van der Waals surface area contributed by atoms with E-state index in [1.165, 1.54) is 69.8 Å². The van der Waals surface area contributed by atoms with Gasteiger partial charge in [-0.2, -0.15) is 13.2 Å². The molecule has 1 aromatic carbocycles. The van der Waals surface area contributed by atoms with E-state index in [9.17, 15) is 13.2 Å². The minimum atomic E-state index is -4.12. The summed E-state index contributed by atoms with van der Waals surface area (Å²) in [7, 11) is 0. The van der Waals surface area contributed by atoms with Gasteiger partial charge in [-0.1, -0.05) is 56.9 Å². The second-order valence-electron chi connectivity index (χ2n) is 8.71. The van der Waals surface area contributed by atoms with E-state index in [1.54, 1.807) is 12.1 Å². The summed E-state index contributed by atoms with van der Waals surface area (Å²) >= 11 is 0. The van der Waals surface area contributed by atoms with Crippen molar-refractivity contribution in [3.63, 3.8) is 0 Å². The average Bonchev–Trinajstić information content (AvgIpc) is 2.62. The number of rotatable bonds is 5. The molecule has 0 radical (unpaired) electrons. The topological polar surface area (TPSA) is 0 Å². The number of hydrogen-bond acceptors (Lipinski definition) is 0. The first-order valence-corrected chi connectivity index (χ1v) is 10.6. The van der Waals surface area contributed by atoms with Gasteiger partial charge in [0.05, 0.1) is 6.42 Å². The minimum absolute atomic E-state index is 0.374. The number of alkyl halides is 3. The molecule has 3 rings (SSSR count). The molecule has 2 aliphatic rings. The molecular weight excluding hydrogens is 333 g/mol. The standard InChI is InChI=1S/C23H33F3/c1-2-3-17-4-8-19(9-5-17)21-12-14-22(15-13-21)20-10-6-18(7-11-20)16-23(24,25)26/h6-7,10-11,17,19,21-22H,2-5,8-9,12-16H2,1H3/t17-,19-,21?,22?. The Morgan fingerprint density at radius 3 is 1.85 bits per heavy atom. The summed E-state index contributed by atoms with van der Waals surface area (Å²) in [5, 5.41) is 0. The Kier molecular flexibility index (Phi) is 6.69. The number of hydrogen-bond donors (Lipinski definition) is 0. The lowest BCUT2D eigenvalue weighted by Crippen LogP contribution is -2.25. The van der Waals surface area contributed by atoms with Crippen LogP contribution in [0.4, 0.5) is 13.2 Å². The molecule has 0 unspecified atom stereocenters. The van der Waals surface area contributed by atoms with Crippen molar-refractivity contribution in [2.24, 2.45) is 17.8 Å². The van der Waals surface area contributed by atoms with Crippen LogP contribution in [0.2, 0.25) is 0 Å². The third-order valence-corrected chi connectivity index (χ3v) is 6.88. The normalized spacial score (nSPS) is 30.3. The smallest absolute Gasteiger partial charge is 0.171 e. The molecule has 0 bridgehead atoms. The molecule has 26 heavy (non-hydrogen) atoms. The molecule has 0 saturated heterocycles. The van der Waals surface area contributed by atoms with Crippen LogP contribution < -0.4 is 0 Å². The van der Waals surface area contributed by atoms with Gasteiger partial charge < -0.3 is 0 Å². The first-order valence-electron chi connectivity index (χ1n) is 10.6. The van der Waals surface area contributed by atoms with Gasteiger partial charge in [0, 0.05) is 0 Å². The summed E-state index contributed by atoms with van der Waals surface area (Å²) in [4.78, 5) is 0. The van der Waals surface area contributed by atoms with Crippen LogP contribution in [0.3, 0.4) is 0 Å². The lowest BCUT2D eigenvalue weighted by Gasteiger charge is -2.38. The molecule has 2 saturated carbocycles. The molecule has 0 aromatic heterocycles. The van der Waals surface area contributed by atoms with Crippen LogP contribution in [0, 0.1) is 17.8 Å². The molecule has 0 amide bonds. The predicted octanol–water partition coefficient (Wildman–Crippen LogP) is 7.67. The summed E-state index contributed by atoms with van der Waals surface area (Å²) in [6.45, 7) is 2.29. The van der Waals surface area contributed by atoms with Gasteiger partial charge in [-0.15, -0.1) is 0 Å². The Hall–Kier alpha value is -0.990. The molecule has 0 nitrogen and oxygen atoms in total. The summed E-state index contributed by atoms with van der Waals surface area (Å²) in [6.07, 6.45) is 8.52. The van der Waals surface area contributed by atoms with Gasteiger partial charge in [-0.3, -0.25) is 0 Å². The Morgan fingerprint density at radius 1 is 0.808 bits per heavy atom. The van der Waals surface area contributed by atoms with E-state index >= 15 is 0 Å². The van der Waals surface area contributed by atoms with Crippen molar-refractivity contribution < 1.29 is 13.2 Å². The fourth-order valence-electron chi connectivity index (χ4n) is 5.42. The molecular formula is C23H33F3. The third kappa shape index (κ3) is 5.50. The van der Waals surface area contributed by atoms with Crippen molar-refractivity contribution in [1.29, 1.82) is 0 Å². The van der Waals surface area contributed by atoms with Crippen molar-refractivity contribution in [3.8, 4) is 0 Å². The highest BCUT2D eigenvalue weighted by atomic mass is 19.4. The second kappa shape index (κ2) is 8.80. The zero-order valence-electron chi connectivity index (χ0n) is 16.0. The van der Waals surface area contributed by atoms with Gasteiger partial charge in [0.2, 0.25) is 0 Å². The Balaban J connectivity index is 1.46.